The zero-order valence-corrected chi connectivity index (χ0v) is 21.0. The van der Waals surface area contributed by atoms with Gasteiger partial charge in [-0.25, -0.2) is 4.98 Å². The van der Waals surface area contributed by atoms with E-state index in [1.54, 1.807) is 36.0 Å². The van der Waals surface area contributed by atoms with Crippen LogP contribution in [-0.4, -0.2) is 59.4 Å². The lowest BCUT2D eigenvalue weighted by Gasteiger charge is -2.09. The number of benzene rings is 1. The van der Waals surface area contributed by atoms with Crippen LogP contribution in [-0.2, 0) is 11.8 Å². The Balaban J connectivity index is 1.66. The predicted octanol–water partition coefficient (Wildman–Crippen LogP) is 3.42. The number of anilines is 2. The quantitative estimate of drug-likeness (QED) is 0.289. The molecule has 174 valence electrons. The number of carbonyl (C=O) groups is 3. The maximum Gasteiger partial charge on any atom is 0.287 e. The first-order chi connectivity index (χ1) is 15.6. The van der Waals surface area contributed by atoms with E-state index >= 15 is 0 Å². The maximum atomic E-state index is 12.8. The fourth-order valence-corrected chi connectivity index (χ4v) is 4.06. The lowest BCUT2D eigenvalue weighted by atomic mass is 10.2. The molecule has 0 saturated heterocycles. The van der Waals surface area contributed by atoms with E-state index in [2.05, 4.69) is 43.4 Å². The van der Waals surface area contributed by atoms with E-state index in [0.29, 0.717) is 22.9 Å². The summed E-state index contributed by atoms with van der Waals surface area (Å²) in [5, 5.41) is 9.13. The van der Waals surface area contributed by atoms with Crippen molar-refractivity contribution in [2.75, 3.05) is 37.8 Å². The molecule has 0 aliphatic rings. The van der Waals surface area contributed by atoms with Crippen LogP contribution in [0.4, 0.5) is 11.5 Å². The van der Waals surface area contributed by atoms with Gasteiger partial charge in [-0.15, -0.1) is 11.3 Å². The van der Waals surface area contributed by atoms with Crippen molar-refractivity contribution < 1.29 is 14.4 Å². The van der Waals surface area contributed by atoms with Gasteiger partial charge in [0.15, 0.2) is 5.82 Å². The lowest BCUT2D eigenvalue weighted by molar-refractivity contribution is -0.112. The molecule has 1 aromatic carbocycles. The van der Waals surface area contributed by atoms with Gasteiger partial charge in [-0.1, -0.05) is 6.58 Å². The highest BCUT2D eigenvalue weighted by atomic mass is 79.9. The highest BCUT2D eigenvalue weighted by Crippen LogP contribution is 2.29. The van der Waals surface area contributed by atoms with Crippen LogP contribution in [0, 0.1) is 0 Å². The fraction of sp³-hybridized carbons (Fsp3) is 0.273. The Morgan fingerprint density at radius 3 is 2.64 bits per heavy atom. The monoisotopic (exact) mass is 532 g/mol. The van der Waals surface area contributed by atoms with Gasteiger partial charge in [0.25, 0.3) is 17.7 Å². The summed E-state index contributed by atoms with van der Waals surface area (Å²) in [6, 6.07) is 7.13. The topological polar surface area (TPSA) is 108 Å². The molecule has 0 fully saturated rings. The van der Waals surface area contributed by atoms with Crippen LogP contribution >= 0.6 is 27.3 Å². The van der Waals surface area contributed by atoms with E-state index in [-0.39, 0.29) is 28.0 Å². The molecule has 0 bridgehead atoms. The van der Waals surface area contributed by atoms with Crippen molar-refractivity contribution in [1.82, 2.24) is 19.8 Å². The van der Waals surface area contributed by atoms with Gasteiger partial charge in [0, 0.05) is 30.2 Å². The molecular formula is C22H25BrN6O3S. The molecule has 0 aliphatic carbocycles. The number of rotatable bonds is 9. The third-order valence-electron chi connectivity index (χ3n) is 4.63. The molecule has 3 amide bonds. The van der Waals surface area contributed by atoms with Crippen molar-refractivity contribution in [3.8, 4) is 0 Å². The Morgan fingerprint density at radius 1 is 1.18 bits per heavy atom. The normalized spacial score (nSPS) is 10.9. The molecule has 2 heterocycles. The molecule has 0 aliphatic heterocycles. The molecule has 33 heavy (non-hydrogen) atoms. The van der Waals surface area contributed by atoms with E-state index < -0.39 is 0 Å². The Hall–Kier alpha value is -3.02. The minimum Gasteiger partial charge on any atom is -0.349 e. The van der Waals surface area contributed by atoms with Crippen LogP contribution < -0.4 is 16.0 Å². The standard InChI is InChI=1S/C22H25BrN6O3S/c1-13(23)20(30)25-15-6-7-16-14(10-15)11-17(33-16)21(31)27-18-12-29(4)19(26-18)22(32)24-8-5-9-28(2)3/h6-7,10-12H,1,5,8-9H2,2-4H3,(H,24,32)(H,25,30)(H,27,31). The van der Waals surface area contributed by atoms with E-state index in [9.17, 15) is 14.4 Å². The minimum atomic E-state index is -0.338. The third kappa shape index (κ3) is 6.50. The van der Waals surface area contributed by atoms with Gasteiger partial charge in [-0.2, -0.15) is 0 Å². The summed E-state index contributed by atoms with van der Waals surface area (Å²) in [6.45, 7) is 4.96. The summed E-state index contributed by atoms with van der Waals surface area (Å²) >= 11 is 4.37. The second-order valence-electron chi connectivity index (χ2n) is 7.65. The van der Waals surface area contributed by atoms with Gasteiger partial charge < -0.3 is 25.4 Å². The van der Waals surface area contributed by atoms with Gasteiger partial charge in [0.2, 0.25) is 5.82 Å². The molecule has 9 nitrogen and oxygen atoms in total. The van der Waals surface area contributed by atoms with Crippen LogP contribution in [0.2, 0.25) is 0 Å². The smallest absolute Gasteiger partial charge is 0.287 e. The van der Waals surface area contributed by atoms with Crippen LogP contribution in [0.3, 0.4) is 0 Å². The number of amides is 3. The summed E-state index contributed by atoms with van der Waals surface area (Å²) in [4.78, 5) is 43.7. The molecule has 11 heteroatoms. The number of hydrogen-bond acceptors (Lipinski definition) is 6. The number of nitrogens with one attached hydrogen (secondary N) is 3. The van der Waals surface area contributed by atoms with Crippen molar-refractivity contribution in [2.45, 2.75) is 6.42 Å². The number of aryl methyl sites for hydroxylation is 1. The molecule has 3 rings (SSSR count). The first kappa shape index (κ1) is 24.6. The fourth-order valence-electron chi connectivity index (χ4n) is 3.02. The van der Waals surface area contributed by atoms with Crippen molar-refractivity contribution in [1.29, 1.82) is 0 Å². The van der Waals surface area contributed by atoms with Gasteiger partial charge in [-0.05, 0) is 72.6 Å². The van der Waals surface area contributed by atoms with E-state index in [0.717, 1.165) is 23.1 Å². The third-order valence-corrected chi connectivity index (χ3v) is 6.11. The zero-order chi connectivity index (χ0) is 24.1. The highest BCUT2D eigenvalue weighted by molar-refractivity contribution is 9.12. The second kappa shape index (κ2) is 10.7. The van der Waals surface area contributed by atoms with Gasteiger partial charge in [0.05, 0.1) is 9.36 Å². The van der Waals surface area contributed by atoms with Gasteiger partial charge in [0.1, 0.15) is 0 Å². The Labute approximate surface area is 204 Å². The number of imidazole rings is 1. The molecule has 0 saturated carbocycles. The van der Waals surface area contributed by atoms with Crippen molar-refractivity contribution >= 4 is 66.6 Å². The SMILES string of the molecule is C=C(Br)C(=O)Nc1ccc2sc(C(=O)Nc3cn(C)c(C(=O)NCCCN(C)C)n3)cc2c1. The van der Waals surface area contributed by atoms with E-state index in [4.69, 9.17) is 0 Å². The molecule has 0 radical (unpaired) electrons. The summed E-state index contributed by atoms with van der Waals surface area (Å²) in [5.41, 5.74) is 0.601. The number of thiophene rings is 1. The molecule has 0 spiro atoms. The summed E-state index contributed by atoms with van der Waals surface area (Å²) in [7, 11) is 5.66. The van der Waals surface area contributed by atoms with E-state index in [1.807, 2.05) is 25.1 Å². The average Bonchev–Trinajstić information content (AvgIpc) is 3.33. The Bertz CT molecular complexity index is 1220. The first-order valence-corrected chi connectivity index (χ1v) is 11.7. The number of carbonyl (C=O) groups excluding carboxylic acids is 3. The number of halogens is 1. The van der Waals surface area contributed by atoms with Crippen LogP contribution in [0.15, 0.2) is 41.5 Å². The van der Waals surface area contributed by atoms with Crippen LogP contribution in [0.25, 0.3) is 10.1 Å². The minimum absolute atomic E-state index is 0.222. The highest BCUT2D eigenvalue weighted by Gasteiger charge is 2.17. The lowest BCUT2D eigenvalue weighted by Crippen LogP contribution is -2.29. The van der Waals surface area contributed by atoms with Gasteiger partial charge in [-0.3, -0.25) is 14.4 Å². The Kier molecular flexibility index (Phi) is 8.01. The molecule has 0 atom stereocenters. The molecule has 3 N–H and O–H groups in total. The predicted molar refractivity (Wildman–Crippen MR) is 135 cm³/mol. The molecule has 2 aromatic heterocycles. The molecule has 0 unspecified atom stereocenters. The second-order valence-corrected chi connectivity index (χ2v) is 9.69. The largest absolute Gasteiger partial charge is 0.349 e. The number of hydrogen-bond donors (Lipinski definition) is 3. The number of fused-ring (bicyclic) bond motifs is 1. The number of aromatic nitrogens is 2. The van der Waals surface area contributed by atoms with Crippen LogP contribution in [0.1, 0.15) is 26.7 Å². The summed E-state index contributed by atoms with van der Waals surface area (Å²) < 4.78 is 2.70. The van der Waals surface area contributed by atoms with E-state index in [1.165, 1.54) is 11.3 Å². The maximum absolute atomic E-state index is 12.8. The molecule has 3 aromatic rings. The molecular weight excluding hydrogens is 508 g/mol. The van der Waals surface area contributed by atoms with Gasteiger partial charge >= 0.3 is 0 Å². The summed E-state index contributed by atoms with van der Waals surface area (Å²) in [6.07, 6.45) is 2.43. The first-order valence-electron chi connectivity index (χ1n) is 10.1. The van der Waals surface area contributed by atoms with Crippen molar-refractivity contribution in [2.24, 2.45) is 7.05 Å². The van der Waals surface area contributed by atoms with Crippen molar-refractivity contribution in [3.63, 3.8) is 0 Å². The summed E-state index contributed by atoms with van der Waals surface area (Å²) in [5.74, 6) is -0.441. The Morgan fingerprint density at radius 2 is 1.94 bits per heavy atom. The van der Waals surface area contributed by atoms with Crippen molar-refractivity contribution in [3.05, 3.63) is 52.2 Å². The van der Waals surface area contributed by atoms with Crippen LogP contribution in [0.5, 0.6) is 0 Å². The number of nitrogens with zero attached hydrogens (tertiary/aromatic N) is 3. The average molecular weight is 533 g/mol. The zero-order valence-electron chi connectivity index (χ0n) is 18.6.